The smallest absolute Gasteiger partial charge is 0.119 e. The molecule has 2 aromatic rings. The number of nitrogens with one attached hydrogen (secondary N) is 1. The second-order valence-electron chi connectivity index (χ2n) is 5.19. The number of rotatable bonds is 6. The van der Waals surface area contributed by atoms with E-state index in [1.54, 1.807) is 7.11 Å². The van der Waals surface area contributed by atoms with Crippen molar-refractivity contribution in [3.63, 3.8) is 0 Å². The summed E-state index contributed by atoms with van der Waals surface area (Å²) in [6.07, 6.45) is 2.57. The monoisotopic (exact) mass is 352 g/mol. The molecule has 1 heterocycles. The number of halogens is 1. The Morgan fingerprint density at radius 3 is 2.81 bits per heavy atom. The minimum atomic E-state index is -0.0311. The van der Waals surface area contributed by atoms with Crippen LogP contribution in [0, 0.1) is 0 Å². The lowest BCUT2D eigenvalue weighted by Gasteiger charge is -2.20. The third-order valence-electron chi connectivity index (χ3n) is 3.38. The van der Waals surface area contributed by atoms with Crippen molar-refractivity contribution in [1.82, 2.24) is 15.2 Å². The first-order valence-corrected chi connectivity index (χ1v) is 7.68. The predicted octanol–water partition coefficient (Wildman–Crippen LogP) is 2.98. The molecule has 0 bridgehead atoms. The van der Waals surface area contributed by atoms with Gasteiger partial charge in [0.05, 0.1) is 29.5 Å². The molecule has 0 aliphatic carbocycles. The first kappa shape index (κ1) is 16.0. The zero-order chi connectivity index (χ0) is 15.4. The van der Waals surface area contributed by atoms with Gasteiger partial charge in [0.2, 0.25) is 0 Å². The number of methoxy groups -OCH3 is 1. The van der Waals surface area contributed by atoms with E-state index in [1.165, 1.54) is 0 Å². The summed E-state index contributed by atoms with van der Waals surface area (Å²) in [5, 5.41) is 4.41. The number of hydrazine groups is 1. The minimum Gasteiger partial charge on any atom is -0.497 e. The van der Waals surface area contributed by atoms with Crippen molar-refractivity contribution in [2.45, 2.75) is 32.4 Å². The molecule has 1 aromatic heterocycles. The van der Waals surface area contributed by atoms with E-state index in [2.05, 4.69) is 46.4 Å². The Morgan fingerprint density at radius 2 is 2.19 bits per heavy atom. The van der Waals surface area contributed by atoms with Crippen LogP contribution in [0.1, 0.15) is 37.2 Å². The highest BCUT2D eigenvalue weighted by atomic mass is 79.9. The molecule has 0 amide bonds. The van der Waals surface area contributed by atoms with Crippen LogP contribution in [0.2, 0.25) is 0 Å². The van der Waals surface area contributed by atoms with Crippen molar-refractivity contribution >= 4 is 15.9 Å². The highest BCUT2D eigenvalue weighted by Crippen LogP contribution is 2.28. The maximum absolute atomic E-state index is 5.78. The van der Waals surface area contributed by atoms with Crippen LogP contribution in [-0.4, -0.2) is 16.9 Å². The van der Waals surface area contributed by atoms with Crippen molar-refractivity contribution in [2.75, 3.05) is 7.11 Å². The Hall–Kier alpha value is -1.37. The third kappa shape index (κ3) is 3.64. The number of ether oxygens (including phenoxy) is 1. The van der Waals surface area contributed by atoms with Crippen LogP contribution in [0.25, 0.3) is 0 Å². The van der Waals surface area contributed by atoms with Crippen LogP contribution in [-0.2, 0) is 6.42 Å². The number of hydrogen-bond acceptors (Lipinski definition) is 4. The van der Waals surface area contributed by atoms with Crippen molar-refractivity contribution in [1.29, 1.82) is 0 Å². The SMILES string of the molecule is COc1cccc(CC(NN)c2c(Br)cnn2C(C)C)c1. The van der Waals surface area contributed by atoms with E-state index in [9.17, 15) is 0 Å². The van der Waals surface area contributed by atoms with Gasteiger partial charge in [-0.3, -0.25) is 16.0 Å². The van der Waals surface area contributed by atoms with Crippen LogP contribution >= 0.6 is 15.9 Å². The van der Waals surface area contributed by atoms with Crippen LogP contribution in [0.4, 0.5) is 0 Å². The van der Waals surface area contributed by atoms with Crippen LogP contribution in [0.5, 0.6) is 5.75 Å². The van der Waals surface area contributed by atoms with Gasteiger partial charge in [-0.15, -0.1) is 0 Å². The maximum atomic E-state index is 5.78. The average Bonchev–Trinajstić information content (AvgIpc) is 2.87. The van der Waals surface area contributed by atoms with Crippen molar-refractivity contribution < 1.29 is 4.74 Å². The molecule has 1 aromatic carbocycles. The van der Waals surface area contributed by atoms with Gasteiger partial charge in [-0.05, 0) is 53.9 Å². The molecule has 0 aliphatic heterocycles. The van der Waals surface area contributed by atoms with Crippen molar-refractivity contribution in [3.8, 4) is 5.75 Å². The van der Waals surface area contributed by atoms with E-state index in [-0.39, 0.29) is 12.1 Å². The average molecular weight is 353 g/mol. The van der Waals surface area contributed by atoms with Gasteiger partial charge in [-0.25, -0.2) is 0 Å². The maximum Gasteiger partial charge on any atom is 0.119 e. The van der Waals surface area contributed by atoms with Crippen LogP contribution < -0.4 is 16.0 Å². The van der Waals surface area contributed by atoms with E-state index < -0.39 is 0 Å². The molecule has 5 nitrogen and oxygen atoms in total. The topological polar surface area (TPSA) is 65.1 Å². The van der Waals surface area contributed by atoms with Gasteiger partial charge < -0.3 is 4.74 Å². The zero-order valence-corrected chi connectivity index (χ0v) is 14.1. The number of benzene rings is 1. The van der Waals surface area contributed by atoms with Gasteiger partial charge in [0.15, 0.2) is 0 Å². The second-order valence-corrected chi connectivity index (χ2v) is 6.05. The molecular formula is C15H21BrN4O. The number of nitrogens with two attached hydrogens (primary N) is 1. The van der Waals surface area contributed by atoms with Crippen molar-refractivity contribution in [3.05, 3.63) is 46.2 Å². The fourth-order valence-electron chi connectivity index (χ4n) is 2.36. The largest absolute Gasteiger partial charge is 0.497 e. The van der Waals surface area contributed by atoms with Gasteiger partial charge in [-0.2, -0.15) is 5.10 Å². The molecule has 0 saturated heterocycles. The lowest BCUT2D eigenvalue weighted by Crippen LogP contribution is -2.32. The van der Waals surface area contributed by atoms with Crippen LogP contribution in [0.3, 0.4) is 0 Å². The molecule has 0 saturated carbocycles. The van der Waals surface area contributed by atoms with E-state index in [1.807, 2.05) is 29.1 Å². The molecule has 1 unspecified atom stereocenters. The summed E-state index contributed by atoms with van der Waals surface area (Å²) >= 11 is 3.56. The molecule has 21 heavy (non-hydrogen) atoms. The standard InChI is InChI=1S/C15H21BrN4O/c1-10(2)20-15(13(16)9-18-20)14(19-17)8-11-5-4-6-12(7-11)21-3/h4-7,9-10,14,19H,8,17H2,1-3H3. The Labute approximate surface area is 133 Å². The summed E-state index contributed by atoms with van der Waals surface area (Å²) in [5.41, 5.74) is 5.10. The molecule has 0 aliphatic rings. The quantitative estimate of drug-likeness (QED) is 0.619. The van der Waals surface area contributed by atoms with Gasteiger partial charge in [0.1, 0.15) is 5.75 Å². The van der Waals surface area contributed by atoms with E-state index in [4.69, 9.17) is 10.6 Å². The Kier molecular flexibility index (Phi) is 5.39. The summed E-state index contributed by atoms with van der Waals surface area (Å²) in [6, 6.07) is 8.24. The number of aromatic nitrogens is 2. The van der Waals surface area contributed by atoms with Gasteiger partial charge in [-0.1, -0.05) is 12.1 Å². The van der Waals surface area contributed by atoms with E-state index >= 15 is 0 Å². The fourth-order valence-corrected chi connectivity index (χ4v) is 2.91. The first-order valence-electron chi connectivity index (χ1n) is 6.88. The lowest BCUT2D eigenvalue weighted by molar-refractivity contribution is 0.413. The number of nitrogens with zero attached hydrogens (tertiary/aromatic N) is 2. The van der Waals surface area contributed by atoms with Crippen molar-refractivity contribution in [2.24, 2.45) is 5.84 Å². The second kappa shape index (κ2) is 7.06. The van der Waals surface area contributed by atoms with E-state index in [0.717, 1.165) is 27.9 Å². The van der Waals surface area contributed by atoms with E-state index in [0.29, 0.717) is 0 Å². The normalized spacial score (nSPS) is 12.7. The molecule has 6 heteroatoms. The highest BCUT2D eigenvalue weighted by molar-refractivity contribution is 9.10. The number of hydrogen-bond donors (Lipinski definition) is 2. The zero-order valence-electron chi connectivity index (χ0n) is 12.5. The van der Waals surface area contributed by atoms with Gasteiger partial charge >= 0.3 is 0 Å². The fraction of sp³-hybridized carbons (Fsp3) is 0.400. The molecule has 0 spiro atoms. The molecule has 2 rings (SSSR count). The summed E-state index contributed by atoms with van der Waals surface area (Å²) in [6.45, 7) is 4.20. The lowest BCUT2D eigenvalue weighted by atomic mass is 10.0. The van der Waals surface area contributed by atoms with Crippen LogP contribution in [0.15, 0.2) is 34.9 Å². The van der Waals surface area contributed by atoms with Gasteiger partial charge in [0, 0.05) is 6.04 Å². The molecular weight excluding hydrogens is 332 g/mol. The summed E-state index contributed by atoms with van der Waals surface area (Å²) < 4.78 is 8.21. The molecule has 0 radical (unpaired) electrons. The first-order chi connectivity index (χ1) is 10.1. The minimum absolute atomic E-state index is 0.0311. The molecule has 1 atom stereocenters. The Morgan fingerprint density at radius 1 is 1.43 bits per heavy atom. The summed E-state index contributed by atoms with van der Waals surface area (Å²) in [5.74, 6) is 6.62. The molecule has 3 N–H and O–H groups in total. The van der Waals surface area contributed by atoms with Gasteiger partial charge in [0.25, 0.3) is 0 Å². The third-order valence-corrected chi connectivity index (χ3v) is 3.99. The Balaban J connectivity index is 2.29. The summed E-state index contributed by atoms with van der Waals surface area (Å²) in [4.78, 5) is 0. The predicted molar refractivity (Wildman–Crippen MR) is 87.1 cm³/mol. The molecule has 114 valence electrons. The Bertz CT molecular complexity index is 597. The highest BCUT2D eigenvalue weighted by Gasteiger charge is 2.21. The molecule has 0 fully saturated rings. The summed E-state index contributed by atoms with van der Waals surface area (Å²) in [7, 11) is 1.67.